The molecular weight excluding hydrogens is 417 g/mol. The number of aryl methyl sites for hydroxylation is 1. The lowest BCUT2D eigenvalue weighted by Gasteiger charge is -2.10. The SMILES string of the molecule is CCCn1c(-c2cccc(C(=O)NCc3ccc(C(F)(F)F)cc3)c2)nc2cccnc21. The lowest BCUT2D eigenvalue weighted by molar-refractivity contribution is -0.137. The summed E-state index contributed by atoms with van der Waals surface area (Å²) >= 11 is 0. The number of hydrogen-bond donors (Lipinski definition) is 1. The third-order valence-corrected chi connectivity index (χ3v) is 5.07. The number of benzene rings is 2. The molecule has 0 fully saturated rings. The Morgan fingerprint density at radius 1 is 1.06 bits per heavy atom. The maximum absolute atomic E-state index is 12.7. The molecule has 2 aromatic carbocycles. The summed E-state index contributed by atoms with van der Waals surface area (Å²) in [6.07, 6.45) is -1.75. The van der Waals surface area contributed by atoms with Gasteiger partial charge in [-0.25, -0.2) is 9.97 Å². The monoisotopic (exact) mass is 438 g/mol. The summed E-state index contributed by atoms with van der Waals surface area (Å²) in [5, 5.41) is 2.76. The van der Waals surface area contributed by atoms with Crippen molar-refractivity contribution in [1.82, 2.24) is 19.9 Å². The van der Waals surface area contributed by atoms with Crippen LogP contribution >= 0.6 is 0 Å². The third kappa shape index (κ3) is 4.49. The molecule has 0 bridgehead atoms. The number of nitrogens with one attached hydrogen (secondary N) is 1. The second kappa shape index (κ2) is 8.82. The van der Waals surface area contributed by atoms with Crippen LogP contribution in [0.2, 0.25) is 0 Å². The van der Waals surface area contributed by atoms with E-state index >= 15 is 0 Å². The number of amides is 1. The molecule has 0 aliphatic carbocycles. The second-order valence-electron chi connectivity index (χ2n) is 7.39. The van der Waals surface area contributed by atoms with Crippen molar-refractivity contribution in [2.24, 2.45) is 0 Å². The standard InChI is InChI=1S/C24H21F3N4O/c1-2-13-31-21(30-20-7-4-12-28-22(20)31)17-5-3-6-18(14-17)23(32)29-15-16-8-10-19(11-9-16)24(25,26)27/h3-12,14H,2,13,15H2,1H3,(H,29,32). The summed E-state index contributed by atoms with van der Waals surface area (Å²) < 4.78 is 40.1. The summed E-state index contributed by atoms with van der Waals surface area (Å²) in [4.78, 5) is 21.8. The Kier molecular flexibility index (Phi) is 5.94. The summed E-state index contributed by atoms with van der Waals surface area (Å²) in [6, 6.07) is 15.6. The molecule has 1 amide bonds. The van der Waals surface area contributed by atoms with Gasteiger partial charge in [0.2, 0.25) is 0 Å². The molecule has 164 valence electrons. The number of aromatic nitrogens is 3. The van der Waals surface area contributed by atoms with Gasteiger partial charge in [-0.15, -0.1) is 0 Å². The van der Waals surface area contributed by atoms with E-state index < -0.39 is 11.7 Å². The van der Waals surface area contributed by atoms with Crippen molar-refractivity contribution in [1.29, 1.82) is 0 Å². The van der Waals surface area contributed by atoms with E-state index in [0.717, 1.165) is 47.7 Å². The zero-order valence-corrected chi connectivity index (χ0v) is 17.4. The molecule has 8 heteroatoms. The Hall–Kier alpha value is -3.68. The van der Waals surface area contributed by atoms with Crippen molar-refractivity contribution in [3.8, 4) is 11.4 Å². The normalized spacial score (nSPS) is 11.6. The molecule has 4 aromatic rings. The predicted molar refractivity (Wildman–Crippen MR) is 116 cm³/mol. The van der Waals surface area contributed by atoms with E-state index in [1.165, 1.54) is 12.1 Å². The van der Waals surface area contributed by atoms with Crippen molar-refractivity contribution in [3.05, 3.63) is 83.6 Å². The Balaban J connectivity index is 1.54. The zero-order valence-electron chi connectivity index (χ0n) is 17.4. The van der Waals surface area contributed by atoms with Gasteiger partial charge in [0.05, 0.1) is 5.56 Å². The molecule has 5 nitrogen and oxygen atoms in total. The number of nitrogens with zero attached hydrogens (tertiary/aromatic N) is 3. The van der Waals surface area contributed by atoms with Crippen LogP contribution in [0.1, 0.15) is 34.8 Å². The summed E-state index contributed by atoms with van der Waals surface area (Å²) in [7, 11) is 0. The highest BCUT2D eigenvalue weighted by Crippen LogP contribution is 2.29. The summed E-state index contributed by atoms with van der Waals surface area (Å²) in [5.74, 6) is 0.418. The van der Waals surface area contributed by atoms with Crippen LogP contribution < -0.4 is 5.32 Å². The maximum Gasteiger partial charge on any atom is 0.416 e. The predicted octanol–water partition coefficient (Wildman–Crippen LogP) is 5.46. The smallest absolute Gasteiger partial charge is 0.348 e. The molecule has 0 unspecified atom stereocenters. The molecule has 4 rings (SSSR count). The molecule has 2 heterocycles. The van der Waals surface area contributed by atoms with Gasteiger partial charge in [-0.05, 0) is 48.4 Å². The first kappa shape index (κ1) is 21.5. The molecular formula is C24H21F3N4O. The van der Waals surface area contributed by atoms with Crippen LogP contribution in [0.3, 0.4) is 0 Å². The van der Waals surface area contributed by atoms with Gasteiger partial charge >= 0.3 is 6.18 Å². The lowest BCUT2D eigenvalue weighted by atomic mass is 10.1. The van der Waals surface area contributed by atoms with E-state index in [9.17, 15) is 18.0 Å². The van der Waals surface area contributed by atoms with Crippen LogP contribution in [-0.4, -0.2) is 20.4 Å². The van der Waals surface area contributed by atoms with E-state index in [1.54, 1.807) is 24.4 Å². The van der Waals surface area contributed by atoms with E-state index in [4.69, 9.17) is 4.98 Å². The summed E-state index contributed by atoms with van der Waals surface area (Å²) in [6.45, 7) is 2.94. The number of imidazole rings is 1. The molecule has 0 saturated carbocycles. The maximum atomic E-state index is 12.7. The molecule has 0 spiro atoms. The average Bonchev–Trinajstić information content (AvgIpc) is 3.16. The third-order valence-electron chi connectivity index (χ3n) is 5.07. The minimum absolute atomic E-state index is 0.124. The Bertz CT molecular complexity index is 1250. The lowest BCUT2D eigenvalue weighted by Crippen LogP contribution is -2.22. The first-order chi connectivity index (χ1) is 15.4. The topological polar surface area (TPSA) is 59.8 Å². The Labute approximate surface area is 182 Å². The van der Waals surface area contributed by atoms with Crippen LogP contribution in [0.25, 0.3) is 22.6 Å². The number of hydrogen-bond acceptors (Lipinski definition) is 3. The molecule has 32 heavy (non-hydrogen) atoms. The van der Waals surface area contributed by atoms with Gasteiger partial charge in [-0.1, -0.05) is 31.2 Å². The van der Waals surface area contributed by atoms with Gasteiger partial charge in [0.1, 0.15) is 11.3 Å². The van der Waals surface area contributed by atoms with Crippen molar-refractivity contribution in [3.63, 3.8) is 0 Å². The first-order valence-electron chi connectivity index (χ1n) is 10.2. The van der Waals surface area contributed by atoms with E-state index in [2.05, 4.69) is 17.2 Å². The number of rotatable bonds is 6. The van der Waals surface area contributed by atoms with E-state index in [1.807, 2.05) is 22.8 Å². The molecule has 1 N–H and O–H groups in total. The van der Waals surface area contributed by atoms with Crippen molar-refractivity contribution >= 4 is 17.1 Å². The molecule has 0 atom stereocenters. The van der Waals surface area contributed by atoms with Gasteiger partial charge in [-0.3, -0.25) is 4.79 Å². The molecule has 2 aromatic heterocycles. The minimum atomic E-state index is -4.38. The van der Waals surface area contributed by atoms with Crippen molar-refractivity contribution in [2.75, 3.05) is 0 Å². The fourth-order valence-corrected chi connectivity index (χ4v) is 3.51. The van der Waals surface area contributed by atoms with Gasteiger partial charge < -0.3 is 9.88 Å². The fourth-order valence-electron chi connectivity index (χ4n) is 3.51. The number of carbonyl (C=O) groups is 1. The molecule has 0 aliphatic rings. The highest BCUT2D eigenvalue weighted by Gasteiger charge is 2.29. The number of fused-ring (bicyclic) bond motifs is 1. The molecule has 0 aliphatic heterocycles. The van der Waals surface area contributed by atoms with Crippen LogP contribution in [0.15, 0.2) is 66.9 Å². The molecule has 0 saturated heterocycles. The largest absolute Gasteiger partial charge is 0.416 e. The van der Waals surface area contributed by atoms with Crippen LogP contribution in [-0.2, 0) is 19.3 Å². The highest BCUT2D eigenvalue weighted by atomic mass is 19.4. The number of alkyl halides is 3. The van der Waals surface area contributed by atoms with Crippen LogP contribution in [0, 0.1) is 0 Å². The van der Waals surface area contributed by atoms with Gasteiger partial charge in [0, 0.05) is 30.4 Å². The van der Waals surface area contributed by atoms with Gasteiger partial charge in [0.15, 0.2) is 5.65 Å². The van der Waals surface area contributed by atoms with E-state index in [0.29, 0.717) is 11.1 Å². The van der Waals surface area contributed by atoms with Crippen LogP contribution in [0.5, 0.6) is 0 Å². The minimum Gasteiger partial charge on any atom is -0.348 e. The van der Waals surface area contributed by atoms with Crippen LogP contribution in [0.4, 0.5) is 13.2 Å². The fraction of sp³-hybridized carbons (Fsp3) is 0.208. The van der Waals surface area contributed by atoms with Crippen molar-refractivity contribution in [2.45, 2.75) is 32.6 Å². The van der Waals surface area contributed by atoms with Gasteiger partial charge in [-0.2, -0.15) is 13.2 Å². The quantitative estimate of drug-likeness (QED) is 0.435. The Morgan fingerprint density at radius 3 is 2.56 bits per heavy atom. The number of halogens is 3. The molecule has 0 radical (unpaired) electrons. The highest BCUT2D eigenvalue weighted by molar-refractivity contribution is 5.95. The van der Waals surface area contributed by atoms with Gasteiger partial charge in [0.25, 0.3) is 5.91 Å². The first-order valence-corrected chi connectivity index (χ1v) is 10.2. The van der Waals surface area contributed by atoms with Crippen molar-refractivity contribution < 1.29 is 18.0 Å². The second-order valence-corrected chi connectivity index (χ2v) is 7.39. The zero-order chi connectivity index (χ0) is 22.7. The summed E-state index contributed by atoms with van der Waals surface area (Å²) in [5.41, 5.74) is 2.67. The number of pyridine rings is 1. The van der Waals surface area contributed by atoms with E-state index in [-0.39, 0.29) is 12.5 Å². The average molecular weight is 438 g/mol. The Morgan fingerprint density at radius 2 is 1.84 bits per heavy atom. The number of carbonyl (C=O) groups excluding carboxylic acids is 1.